The number of morpholine rings is 1. The topological polar surface area (TPSA) is 104 Å². The maximum atomic E-state index is 13.3. The predicted molar refractivity (Wildman–Crippen MR) is 141 cm³/mol. The molecule has 2 heterocycles. The number of aromatic amines is 1. The summed E-state index contributed by atoms with van der Waals surface area (Å²) in [5, 5.41) is 14.4. The summed E-state index contributed by atoms with van der Waals surface area (Å²) in [4.78, 5) is 30.2. The number of rotatable bonds is 10. The molecule has 196 valence electrons. The van der Waals surface area contributed by atoms with Gasteiger partial charge in [-0.15, -0.1) is 10.2 Å². The van der Waals surface area contributed by atoms with Crippen molar-refractivity contribution >= 4 is 11.8 Å². The van der Waals surface area contributed by atoms with Crippen molar-refractivity contribution in [2.75, 3.05) is 32.8 Å². The molecule has 0 unspecified atom stereocenters. The van der Waals surface area contributed by atoms with E-state index in [0.29, 0.717) is 51.6 Å². The van der Waals surface area contributed by atoms with Crippen LogP contribution in [-0.4, -0.2) is 75.1 Å². The summed E-state index contributed by atoms with van der Waals surface area (Å²) in [5.41, 5.74) is 3.24. The molecular formula is C28H36N6O3. The Morgan fingerprint density at radius 1 is 1.05 bits per heavy atom. The van der Waals surface area contributed by atoms with E-state index < -0.39 is 5.41 Å². The van der Waals surface area contributed by atoms with Crippen LogP contribution in [0.4, 0.5) is 0 Å². The van der Waals surface area contributed by atoms with E-state index >= 15 is 0 Å². The number of H-pyrrole nitrogens is 1. The van der Waals surface area contributed by atoms with Crippen LogP contribution in [0.2, 0.25) is 0 Å². The second-order valence-electron chi connectivity index (χ2n) is 10.1. The molecule has 1 saturated heterocycles. The Balaban J connectivity index is 1.52. The third-order valence-corrected chi connectivity index (χ3v) is 6.71. The molecule has 1 aliphatic rings. The maximum absolute atomic E-state index is 13.3. The van der Waals surface area contributed by atoms with E-state index in [4.69, 9.17) is 4.74 Å². The fourth-order valence-corrected chi connectivity index (χ4v) is 4.67. The van der Waals surface area contributed by atoms with Gasteiger partial charge in [-0.2, -0.15) is 5.21 Å². The minimum atomic E-state index is -0.692. The number of carbonyl (C=O) groups excluding carboxylic acids is 2. The average Bonchev–Trinajstić information content (AvgIpc) is 3.47. The first-order valence-corrected chi connectivity index (χ1v) is 13.0. The Morgan fingerprint density at radius 2 is 1.76 bits per heavy atom. The normalized spacial score (nSPS) is 14.0. The zero-order valence-corrected chi connectivity index (χ0v) is 21.9. The SMILES string of the molecule is CCCCC(=O)N(Cc1ccc(-c2ccccc2-c2nn[nH]n2)cc1)CC(C)(C)C(=O)N1CCOCC1. The number of tetrazole rings is 1. The van der Waals surface area contributed by atoms with E-state index in [1.807, 2.05) is 72.2 Å². The molecule has 1 aromatic heterocycles. The second-order valence-corrected chi connectivity index (χ2v) is 10.1. The van der Waals surface area contributed by atoms with Gasteiger partial charge in [0.25, 0.3) is 0 Å². The average molecular weight is 505 g/mol. The molecule has 1 fully saturated rings. The molecule has 0 atom stereocenters. The Morgan fingerprint density at radius 3 is 2.41 bits per heavy atom. The highest BCUT2D eigenvalue weighted by molar-refractivity contribution is 5.84. The molecule has 0 saturated carbocycles. The molecule has 2 aromatic carbocycles. The van der Waals surface area contributed by atoms with Crippen LogP contribution < -0.4 is 0 Å². The highest BCUT2D eigenvalue weighted by Gasteiger charge is 2.35. The maximum Gasteiger partial charge on any atom is 0.230 e. The molecule has 0 spiro atoms. The summed E-state index contributed by atoms with van der Waals surface area (Å²) in [6.45, 7) is 9.08. The van der Waals surface area contributed by atoms with Crippen LogP contribution in [0.3, 0.4) is 0 Å². The number of carbonyl (C=O) groups is 2. The number of hydrogen-bond acceptors (Lipinski definition) is 6. The lowest BCUT2D eigenvalue weighted by molar-refractivity contribution is -0.147. The van der Waals surface area contributed by atoms with Crippen LogP contribution in [0.25, 0.3) is 22.5 Å². The molecule has 4 rings (SSSR count). The molecular weight excluding hydrogens is 468 g/mol. The molecule has 1 N–H and O–H groups in total. The Kier molecular flexibility index (Phi) is 8.66. The molecule has 3 aromatic rings. The number of hydrogen-bond donors (Lipinski definition) is 1. The van der Waals surface area contributed by atoms with Gasteiger partial charge in [0.05, 0.1) is 18.6 Å². The van der Waals surface area contributed by atoms with Crippen LogP contribution >= 0.6 is 0 Å². The van der Waals surface area contributed by atoms with Crippen LogP contribution in [0.15, 0.2) is 48.5 Å². The number of benzene rings is 2. The zero-order valence-electron chi connectivity index (χ0n) is 21.9. The number of ether oxygens (including phenoxy) is 1. The van der Waals surface area contributed by atoms with Gasteiger partial charge in [-0.1, -0.05) is 61.9 Å². The van der Waals surface area contributed by atoms with Crippen molar-refractivity contribution in [1.82, 2.24) is 30.4 Å². The molecule has 0 aliphatic carbocycles. The number of aromatic nitrogens is 4. The quantitative estimate of drug-likeness (QED) is 0.449. The number of unbranched alkanes of at least 4 members (excludes halogenated alkanes) is 1. The summed E-state index contributed by atoms with van der Waals surface area (Å²) in [6.07, 6.45) is 2.26. The van der Waals surface area contributed by atoms with Gasteiger partial charge < -0.3 is 14.5 Å². The van der Waals surface area contributed by atoms with Gasteiger partial charge in [-0.25, -0.2) is 0 Å². The van der Waals surface area contributed by atoms with Crippen molar-refractivity contribution in [3.8, 4) is 22.5 Å². The first kappa shape index (κ1) is 26.5. The lowest BCUT2D eigenvalue weighted by atomic mass is 9.90. The third kappa shape index (κ3) is 6.60. The summed E-state index contributed by atoms with van der Waals surface area (Å²) in [7, 11) is 0. The summed E-state index contributed by atoms with van der Waals surface area (Å²) in [5.74, 6) is 0.688. The van der Waals surface area contributed by atoms with Crippen LogP contribution in [0.5, 0.6) is 0 Å². The molecule has 0 bridgehead atoms. The predicted octanol–water partition coefficient (Wildman–Crippen LogP) is 3.94. The van der Waals surface area contributed by atoms with Crippen molar-refractivity contribution in [2.45, 2.75) is 46.6 Å². The van der Waals surface area contributed by atoms with Crippen molar-refractivity contribution < 1.29 is 14.3 Å². The Bertz CT molecular complexity index is 1170. The van der Waals surface area contributed by atoms with Gasteiger partial charge in [0, 0.05) is 38.2 Å². The number of amides is 2. The highest BCUT2D eigenvalue weighted by atomic mass is 16.5. The first-order chi connectivity index (χ1) is 17.9. The largest absolute Gasteiger partial charge is 0.378 e. The molecule has 0 radical (unpaired) electrons. The lowest BCUT2D eigenvalue weighted by Gasteiger charge is -2.37. The monoisotopic (exact) mass is 504 g/mol. The third-order valence-electron chi connectivity index (χ3n) is 6.71. The lowest BCUT2D eigenvalue weighted by Crippen LogP contribution is -2.51. The van der Waals surface area contributed by atoms with Crippen molar-refractivity contribution in [1.29, 1.82) is 0 Å². The first-order valence-electron chi connectivity index (χ1n) is 13.0. The molecule has 2 amide bonds. The van der Waals surface area contributed by atoms with Gasteiger partial charge in [0.2, 0.25) is 17.6 Å². The van der Waals surface area contributed by atoms with Crippen molar-refractivity contribution in [3.63, 3.8) is 0 Å². The van der Waals surface area contributed by atoms with E-state index in [1.165, 1.54) is 0 Å². The molecule has 1 aliphatic heterocycles. The van der Waals surface area contributed by atoms with Crippen molar-refractivity contribution in [2.24, 2.45) is 5.41 Å². The fraction of sp³-hybridized carbons (Fsp3) is 0.464. The zero-order chi connectivity index (χ0) is 26.3. The smallest absolute Gasteiger partial charge is 0.230 e. The fourth-order valence-electron chi connectivity index (χ4n) is 4.67. The number of nitrogens with one attached hydrogen (secondary N) is 1. The van der Waals surface area contributed by atoms with E-state index in [0.717, 1.165) is 35.1 Å². The van der Waals surface area contributed by atoms with Gasteiger partial charge in [0.15, 0.2) is 0 Å². The number of nitrogens with zero attached hydrogens (tertiary/aromatic N) is 5. The minimum Gasteiger partial charge on any atom is -0.378 e. The minimum absolute atomic E-state index is 0.0671. The molecule has 37 heavy (non-hydrogen) atoms. The van der Waals surface area contributed by atoms with E-state index in [1.54, 1.807) is 0 Å². The van der Waals surface area contributed by atoms with E-state index in [-0.39, 0.29) is 11.8 Å². The van der Waals surface area contributed by atoms with Crippen LogP contribution in [0.1, 0.15) is 45.6 Å². The Hall–Kier alpha value is -3.59. The summed E-state index contributed by atoms with van der Waals surface area (Å²) >= 11 is 0. The van der Waals surface area contributed by atoms with Gasteiger partial charge in [-0.05, 0) is 42.2 Å². The molecule has 9 nitrogen and oxygen atoms in total. The highest BCUT2D eigenvalue weighted by Crippen LogP contribution is 2.30. The summed E-state index contributed by atoms with van der Waals surface area (Å²) < 4.78 is 5.41. The summed E-state index contributed by atoms with van der Waals surface area (Å²) in [6, 6.07) is 16.1. The standard InChI is InChI=1S/C28H36N6O3/c1-4-5-10-25(35)34(20-28(2,3)27(36)33-15-17-37-18-16-33)19-21-11-13-22(14-12-21)23-8-6-7-9-24(23)26-29-31-32-30-26/h6-9,11-14H,4-5,10,15-20H2,1-3H3,(H,29,30,31,32). The van der Waals surface area contributed by atoms with Gasteiger partial charge in [0.1, 0.15) is 0 Å². The van der Waals surface area contributed by atoms with E-state index in [9.17, 15) is 9.59 Å². The van der Waals surface area contributed by atoms with Crippen LogP contribution in [-0.2, 0) is 20.9 Å². The van der Waals surface area contributed by atoms with E-state index in [2.05, 4.69) is 27.5 Å². The van der Waals surface area contributed by atoms with Gasteiger partial charge in [-0.3, -0.25) is 9.59 Å². The second kappa shape index (κ2) is 12.1. The molecule has 9 heteroatoms. The van der Waals surface area contributed by atoms with Crippen LogP contribution in [0, 0.1) is 5.41 Å². The Labute approximate surface area is 218 Å². The van der Waals surface area contributed by atoms with Gasteiger partial charge >= 0.3 is 0 Å². The van der Waals surface area contributed by atoms with Crippen molar-refractivity contribution in [3.05, 3.63) is 54.1 Å².